The topological polar surface area (TPSA) is 99.0 Å². The Balaban J connectivity index is 1.88. The molecule has 3 aromatic rings. The number of hydrogen-bond donors (Lipinski definition) is 1. The predicted molar refractivity (Wildman–Crippen MR) is 95.0 cm³/mol. The number of carbonyl (C=O) groups is 2. The number of rotatable bonds is 6. The van der Waals surface area contributed by atoms with E-state index in [1.807, 2.05) is 35.6 Å². The molecule has 2 aromatic heterocycles. The van der Waals surface area contributed by atoms with Gasteiger partial charge in [-0.25, -0.2) is 9.97 Å². The van der Waals surface area contributed by atoms with Crippen molar-refractivity contribution < 1.29 is 9.59 Å². The summed E-state index contributed by atoms with van der Waals surface area (Å²) < 4.78 is 3.74. The fraction of sp³-hybridized carbons (Fsp3) is 0.222. The van der Waals surface area contributed by atoms with E-state index in [0.717, 1.165) is 11.6 Å². The monoisotopic (exact) mass is 352 g/mol. The molecule has 0 bridgehead atoms. The minimum absolute atomic E-state index is 0.174. The second kappa shape index (κ2) is 7.22. The molecule has 0 fully saturated rings. The molecule has 0 saturated carbocycles. The predicted octanol–water partition coefficient (Wildman–Crippen LogP) is 1.10. The van der Waals surface area contributed by atoms with Crippen molar-refractivity contribution >= 4 is 11.8 Å². The molecule has 1 aromatic carbocycles. The van der Waals surface area contributed by atoms with E-state index >= 15 is 0 Å². The van der Waals surface area contributed by atoms with Crippen LogP contribution < -0.4 is 5.73 Å². The van der Waals surface area contributed by atoms with Gasteiger partial charge in [0.1, 0.15) is 11.6 Å². The van der Waals surface area contributed by atoms with Crippen molar-refractivity contribution in [3.05, 3.63) is 71.8 Å². The molecule has 0 aliphatic rings. The van der Waals surface area contributed by atoms with Crippen LogP contribution in [0.5, 0.6) is 0 Å². The van der Waals surface area contributed by atoms with Crippen LogP contribution in [0, 0.1) is 0 Å². The third-order valence-corrected chi connectivity index (χ3v) is 4.21. The summed E-state index contributed by atoms with van der Waals surface area (Å²) in [6.07, 6.45) is 7.06. The number of primary amides is 1. The van der Waals surface area contributed by atoms with Gasteiger partial charge in [0.15, 0.2) is 0 Å². The fourth-order valence-electron chi connectivity index (χ4n) is 2.60. The highest BCUT2D eigenvalue weighted by atomic mass is 16.2. The Hall–Kier alpha value is -3.42. The lowest BCUT2D eigenvalue weighted by atomic mass is 10.1. The molecule has 2 heterocycles. The van der Waals surface area contributed by atoms with Gasteiger partial charge in [-0.1, -0.05) is 0 Å². The van der Waals surface area contributed by atoms with Gasteiger partial charge in [-0.2, -0.15) is 0 Å². The van der Waals surface area contributed by atoms with Gasteiger partial charge in [0.2, 0.25) is 5.91 Å². The van der Waals surface area contributed by atoms with Crippen LogP contribution in [0.15, 0.2) is 49.1 Å². The Morgan fingerprint density at radius 1 is 0.923 bits per heavy atom. The summed E-state index contributed by atoms with van der Waals surface area (Å²) >= 11 is 0. The third kappa shape index (κ3) is 3.64. The van der Waals surface area contributed by atoms with Crippen LogP contribution in [0.3, 0.4) is 0 Å². The van der Waals surface area contributed by atoms with Gasteiger partial charge in [0.25, 0.3) is 5.91 Å². The first-order chi connectivity index (χ1) is 12.5. The lowest BCUT2D eigenvalue weighted by Gasteiger charge is -2.22. The number of nitrogens with two attached hydrogens (primary N) is 1. The van der Waals surface area contributed by atoms with E-state index in [0.29, 0.717) is 24.2 Å². The Morgan fingerprint density at radius 3 is 1.77 bits per heavy atom. The van der Waals surface area contributed by atoms with Crippen LogP contribution in [-0.4, -0.2) is 35.8 Å². The normalized spacial score (nSPS) is 10.7. The van der Waals surface area contributed by atoms with E-state index in [-0.39, 0.29) is 5.91 Å². The Bertz CT molecular complexity index is 883. The van der Waals surface area contributed by atoms with Gasteiger partial charge in [-0.05, 0) is 24.3 Å². The Kier molecular flexibility index (Phi) is 4.83. The summed E-state index contributed by atoms with van der Waals surface area (Å²) in [7, 11) is 3.76. The minimum Gasteiger partial charge on any atom is -0.366 e. The largest absolute Gasteiger partial charge is 0.366 e. The van der Waals surface area contributed by atoms with E-state index in [9.17, 15) is 9.59 Å². The Morgan fingerprint density at radius 2 is 1.38 bits per heavy atom. The summed E-state index contributed by atoms with van der Waals surface area (Å²) in [5, 5.41) is 0. The van der Waals surface area contributed by atoms with Crippen molar-refractivity contribution in [2.45, 2.75) is 13.1 Å². The second-order valence-electron chi connectivity index (χ2n) is 6.01. The molecule has 2 amide bonds. The minimum atomic E-state index is -0.526. The van der Waals surface area contributed by atoms with E-state index < -0.39 is 5.91 Å². The van der Waals surface area contributed by atoms with Gasteiger partial charge >= 0.3 is 0 Å². The van der Waals surface area contributed by atoms with Crippen molar-refractivity contribution in [3.63, 3.8) is 0 Å². The van der Waals surface area contributed by atoms with Crippen LogP contribution in [0.1, 0.15) is 32.4 Å². The number of hydrogen-bond acceptors (Lipinski definition) is 4. The molecule has 0 unspecified atom stereocenters. The standard InChI is InChI=1S/C18H20N6O2/c1-22-9-7-20-15(22)11-24(12-16-21-8-10-23(16)2)18(26)14-5-3-13(4-6-14)17(19)25/h3-10H,11-12H2,1-2H3,(H2,19,25). The Labute approximate surface area is 150 Å². The molecule has 0 radical (unpaired) electrons. The zero-order valence-corrected chi connectivity index (χ0v) is 14.7. The lowest BCUT2D eigenvalue weighted by molar-refractivity contribution is 0.0717. The first-order valence-electron chi connectivity index (χ1n) is 8.07. The van der Waals surface area contributed by atoms with E-state index in [4.69, 9.17) is 5.73 Å². The quantitative estimate of drug-likeness (QED) is 0.718. The SMILES string of the molecule is Cn1ccnc1CN(Cc1nccn1C)C(=O)c1ccc(C(N)=O)cc1. The van der Waals surface area contributed by atoms with Gasteiger partial charge in [0, 0.05) is 50.0 Å². The average molecular weight is 352 g/mol. The summed E-state index contributed by atoms with van der Waals surface area (Å²) in [6.45, 7) is 0.680. The molecule has 134 valence electrons. The van der Waals surface area contributed by atoms with Gasteiger partial charge in [-0.3, -0.25) is 9.59 Å². The summed E-state index contributed by atoms with van der Waals surface area (Å²) in [4.78, 5) is 34.5. The van der Waals surface area contributed by atoms with Crippen molar-refractivity contribution in [1.29, 1.82) is 0 Å². The molecule has 0 aliphatic carbocycles. The first-order valence-corrected chi connectivity index (χ1v) is 8.07. The number of aryl methyl sites for hydroxylation is 2. The van der Waals surface area contributed by atoms with Crippen LogP contribution in [0.2, 0.25) is 0 Å². The molecule has 8 heteroatoms. The number of imidazole rings is 2. The number of amides is 2. The maximum absolute atomic E-state index is 13.0. The number of carbonyl (C=O) groups excluding carboxylic acids is 2. The van der Waals surface area contributed by atoms with Crippen molar-refractivity contribution in [2.24, 2.45) is 19.8 Å². The van der Waals surface area contributed by atoms with Gasteiger partial charge in [-0.15, -0.1) is 0 Å². The summed E-state index contributed by atoms with van der Waals surface area (Å²) in [6, 6.07) is 6.31. The zero-order chi connectivity index (χ0) is 18.7. The molecule has 0 atom stereocenters. The van der Waals surface area contributed by atoms with E-state index in [1.54, 1.807) is 41.6 Å². The molecule has 0 aliphatic heterocycles. The fourth-order valence-corrected chi connectivity index (χ4v) is 2.60. The van der Waals surface area contributed by atoms with Gasteiger partial charge in [0.05, 0.1) is 13.1 Å². The van der Waals surface area contributed by atoms with Crippen molar-refractivity contribution in [2.75, 3.05) is 0 Å². The molecule has 0 saturated heterocycles. The molecule has 3 rings (SSSR count). The molecular formula is C18H20N6O2. The molecule has 2 N–H and O–H groups in total. The number of benzene rings is 1. The summed E-state index contributed by atoms with van der Waals surface area (Å²) in [5.41, 5.74) is 6.09. The van der Waals surface area contributed by atoms with Crippen LogP contribution in [0.25, 0.3) is 0 Å². The highest BCUT2D eigenvalue weighted by Gasteiger charge is 2.20. The third-order valence-electron chi connectivity index (χ3n) is 4.21. The zero-order valence-electron chi connectivity index (χ0n) is 14.7. The smallest absolute Gasteiger partial charge is 0.254 e. The molecule has 26 heavy (non-hydrogen) atoms. The molecular weight excluding hydrogens is 332 g/mol. The van der Waals surface area contributed by atoms with Crippen molar-refractivity contribution in [1.82, 2.24) is 24.0 Å². The lowest BCUT2D eigenvalue weighted by Crippen LogP contribution is -2.32. The van der Waals surface area contributed by atoms with E-state index in [2.05, 4.69) is 9.97 Å². The highest BCUT2D eigenvalue weighted by Crippen LogP contribution is 2.13. The highest BCUT2D eigenvalue weighted by molar-refractivity contribution is 5.97. The molecule has 8 nitrogen and oxygen atoms in total. The van der Waals surface area contributed by atoms with Crippen LogP contribution >= 0.6 is 0 Å². The average Bonchev–Trinajstić information content (AvgIpc) is 3.22. The summed E-state index contributed by atoms with van der Waals surface area (Å²) in [5.74, 6) is 0.830. The number of nitrogens with zero attached hydrogens (tertiary/aromatic N) is 5. The van der Waals surface area contributed by atoms with Gasteiger partial charge < -0.3 is 19.8 Å². The van der Waals surface area contributed by atoms with Crippen molar-refractivity contribution in [3.8, 4) is 0 Å². The van der Waals surface area contributed by atoms with Crippen LogP contribution in [-0.2, 0) is 27.2 Å². The first kappa shape index (κ1) is 17.4. The second-order valence-corrected chi connectivity index (χ2v) is 6.01. The van der Waals surface area contributed by atoms with Crippen LogP contribution in [0.4, 0.5) is 0 Å². The molecule has 0 spiro atoms. The maximum atomic E-state index is 13.0. The number of aromatic nitrogens is 4. The maximum Gasteiger partial charge on any atom is 0.254 e. The van der Waals surface area contributed by atoms with E-state index in [1.165, 1.54) is 0 Å².